The summed E-state index contributed by atoms with van der Waals surface area (Å²) in [4.78, 5) is 17.8. The summed E-state index contributed by atoms with van der Waals surface area (Å²) in [5, 5.41) is 14.0. The highest BCUT2D eigenvalue weighted by Gasteiger charge is 2.18. The number of nitrogens with two attached hydrogens (primary N) is 1. The Bertz CT molecular complexity index is 1510. The van der Waals surface area contributed by atoms with E-state index < -0.39 is 0 Å². The summed E-state index contributed by atoms with van der Waals surface area (Å²) in [6, 6.07) is 0. The van der Waals surface area contributed by atoms with E-state index in [1.807, 2.05) is 23.2 Å². The lowest BCUT2D eigenvalue weighted by Gasteiger charge is -2.24. The van der Waals surface area contributed by atoms with Gasteiger partial charge in [0.1, 0.15) is 0 Å². The molecule has 0 bridgehead atoms. The fraction of sp³-hybridized carbons (Fsp3) is 0.697. The molecule has 2 aliphatic carbocycles. The molecule has 0 spiro atoms. The minimum atomic E-state index is 0.358. The number of hydrogen-bond donors (Lipinski definition) is 2. The van der Waals surface area contributed by atoms with Gasteiger partial charge in [0.05, 0.1) is 12.4 Å². The van der Waals surface area contributed by atoms with E-state index in [1.165, 1.54) is 75.1 Å². The van der Waals surface area contributed by atoms with Gasteiger partial charge in [-0.15, -0.1) is 0 Å². The number of anilines is 1. The SMILES string of the molecule is CC1CCC(CN)CC1.CSc1nc(Cl)n2ncc(C(C)C)c2n1.CSc1nc(NCC2CCCCC2)n2ncc(C(C)C)c2n1. The standard InChI is InChI=1S/C16H25N5S.C9H11ClN4S.C8H17N/c1-11(2)13-10-18-21-14(13)19-16(22-3)20-15(21)17-9-12-7-5-4-6-8-12;1-5(2)6-4-11-14-7(6)12-9(15-3)13-8(14)10;1-7-2-4-8(6-9)5-3-7/h10-12H,4-9H2,1-3H3,(H,17,19,20);4-5H,1-3H3;7-8H,2-6,9H2,1H3. The van der Waals surface area contributed by atoms with Crippen LogP contribution in [0, 0.1) is 17.8 Å². The minimum absolute atomic E-state index is 0.358. The Morgan fingerprint density at radius 1 is 0.783 bits per heavy atom. The van der Waals surface area contributed by atoms with Gasteiger partial charge in [-0.05, 0) is 85.9 Å². The predicted molar refractivity (Wildman–Crippen MR) is 194 cm³/mol. The topological polar surface area (TPSA) is 124 Å². The molecule has 2 fully saturated rings. The zero-order chi connectivity index (χ0) is 33.2. The van der Waals surface area contributed by atoms with Gasteiger partial charge >= 0.3 is 0 Å². The zero-order valence-electron chi connectivity index (χ0n) is 28.7. The summed E-state index contributed by atoms with van der Waals surface area (Å²) in [6.45, 7) is 12.8. The highest BCUT2D eigenvalue weighted by molar-refractivity contribution is 7.98. The van der Waals surface area contributed by atoms with Gasteiger partial charge < -0.3 is 11.1 Å². The molecule has 0 unspecified atom stereocenters. The van der Waals surface area contributed by atoms with E-state index in [0.717, 1.165) is 58.8 Å². The maximum absolute atomic E-state index is 5.99. The summed E-state index contributed by atoms with van der Waals surface area (Å²) in [5.41, 5.74) is 9.55. The number of fused-ring (bicyclic) bond motifs is 2. The van der Waals surface area contributed by atoms with Crippen molar-refractivity contribution in [2.75, 3.05) is 30.9 Å². The molecule has 4 aromatic rings. The van der Waals surface area contributed by atoms with Crippen molar-refractivity contribution in [3.63, 3.8) is 0 Å². The second-order valence-corrected chi connectivity index (χ2v) is 15.1. The van der Waals surface area contributed by atoms with E-state index in [2.05, 4.69) is 70.1 Å². The van der Waals surface area contributed by atoms with Gasteiger partial charge in [-0.2, -0.15) is 29.2 Å². The predicted octanol–water partition coefficient (Wildman–Crippen LogP) is 8.36. The first-order valence-electron chi connectivity index (χ1n) is 16.8. The third-order valence-electron chi connectivity index (χ3n) is 9.06. The van der Waals surface area contributed by atoms with E-state index >= 15 is 0 Å². The van der Waals surface area contributed by atoms with Crippen LogP contribution in [0.25, 0.3) is 11.3 Å². The average Bonchev–Trinajstić information content (AvgIpc) is 3.70. The molecule has 0 aliphatic heterocycles. The normalized spacial score (nSPS) is 18.8. The molecular weight excluding hydrogens is 636 g/mol. The smallest absolute Gasteiger partial charge is 0.228 e. The fourth-order valence-corrected chi connectivity index (χ4v) is 6.99. The van der Waals surface area contributed by atoms with Crippen molar-refractivity contribution in [3.05, 3.63) is 28.8 Å². The Morgan fingerprint density at radius 3 is 1.87 bits per heavy atom. The van der Waals surface area contributed by atoms with E-state index in [0.29, 0.717) is 22.3 Å². The maximum atomic E-state index is 5.99. The molecule has 46 heavy (non-hydrogen) atoms. The van der Waals surface area contributed by atoms with Crippen molar-refractivity contribution in [1.82, 2.24) is 39.2 Å². The Kier molecular flexibility index (Phi) is 14.2. The number of rotatable bonds is 8. The van der Waals surface area contributed by atoms with Crippen LogP contribution in [0.15, 0.2) is 22.7 Å². The van der Waals surface area contributed by atoms with Gasteiger partial charge in [0.25, 0.3) is 0 Å². The molecule has 0 atom stereocenters. The van der Waals surface area contributed by atoms with Crippen LogP contribution in [0.1, 0.15) is 115 Å². The number of hydrogen-bond acceptors (Lipinski definition) is 10. The first kappa shape index (κ1) is 36.7. The lowest BCUT2D eigenvalue weighted by atomic mass is 9.83. The molecule has 13 heteroatoms. The maximum Gasteiger partial charge on any atom is 0.228 e. The molecular formula is C33H53ClN10S2. The summed E-state index contributed by atoms with van der Waals surface area (Å²) in [6.07, 6.45) is 20.0. The monoisotopic (exact) mass is 688 g/mol. The van der Waals surface area contributed by atoms with Crippen molar-refractivity contribution in [2.24, 2.45) is 23.5 Å². The average molecular weight is 689 g/mol. The number of nitrogens with one attached hydrogen (secondary N) is 1. The molecule has 10 nitrogen and oxygen atoms in total. The van der Waals surface area contributed by atoms with Crippen LogP contribution in [0.3, 0.4) is 0 Å². The molecule has 254 valence electrons. The van der Waals surface area contributed by atoms with Gasteiger partial charge in [0.15, 0.2) is 21.6 Å². The van der Waals surface area contributed by atoms with Crippen molar-refractivity contribution in [3.8, 4) is 0 Å². The van der Waals surface area contributed by atoms with Crippen LogP contribution < -0.4 is 11.1 Å². The lowest BCUT2D eigenvalue weighted by molar-refractivity contribution is 0.296. The largest absolute Gasteiger partial charge is 0.354 e. The van der Waals surface area contributed by atoms with Crippen molar-refractivity contribution < 1.29 is 0 Å². The Hall–Kier alpha value is -2.15. The van der Waals surface area contributed by atoms with Crippen molar-refractivity contribution in [1.29, 1.82) is 0 Å². The lowest BCUT2D eigenvalue weighted by Crippen LogP contribution is -2.20. The number of halogens is 1. The van der Waals surface area contributed by atoms with Crippen LogP contribution >= 0.6 is 35.1 Å². The van der Waals surface area contributed by atoms with Gasteiger partial charge in [-0.25, -0.2) is 9.97 Å². The summed E-state index contributed by atoms with van der Waals surface area (Å²) < 4.78 is 3.43. The van der Waals surface area contributed by atoms with Crippen LogP contribution in [0.4, 0.5) is 5.95 Å². The number of thioether (sulfide) groups is 2. The van der Waals surface area contributed by atoms with Crippen molar-refractivity contribution >= 4 is 52.4 Å². The molecule has 4 aromatic heterocycles. The molecule has 6 rings (SSSR count). The van der Waals surface area contributed by atoms with E-state index in [9.17, 15) is 0 Å². The van der Waals surface area contributed by atoms with Crippen LogP contribution in [0.2, 0.25) is 5.28 Å². The molecule has 0 saturated heterocycles. The van der Waals surface area contributed by atoms with Gasteiger partial charge in [0, 0.05) is 17.7 Å². The van der Waals surface area contributed by atoms with Gasteiger partial charge in [-0.3, -0.25) is 0 Å². The second kappa shape index (κ2) is 17.8. The van der Waals surface area contributed by atoms with Crippen LogP contribution in [-0.4, -0.2) is 64.8 Å². The van der Waals surface area contributed by atoms with E-state index in [-0.39, 0.29) is 0 Å². The number of aromatic nitrogens is 8. The molecule has 0 amide bonds. The molecule has 4 heterocycles. The van der Waals surface area contributed by atoms with E-state index in [4.69, 9.17) is 17.3 Å². The second-order valence-electron chi connectivity index (χ2n) is 13.2. The highest BCUT2D eigenvalue weighted by Crippen LogP contribution is 2.28. The van der Waals surface area contributed by atoms with Gasteiger partial charge in [-0.1, -0.05) is 90.2 Å². The summed E-state index contributed by atoms with van der Waals surface area (Å²) in [5.74, 6) is 4.19. The summed E-state index contributed by atoms with van der Waals surface area (Å²) >= 11 is 9.05. The van der Waals surface area contributed by atoms with Crippen LogP contribution in [-0.2, 0) is 0 Å². The molecule has 0 aromatic carbocycles. The molecule has 3 N–H and O–H groups in total. The Balaban J connectivity index is 0.000000172. The Morgan fingerprint density at radius 2 is 1.33 bits per heavy atom. The Labute approximate surface area is 288 Å². The number of nitrogens with zero attached hydrogens (tertiary/aromatic N) is 8. The first-order valence-corrected chi connectivity index (χ1v) is 19.7. The third-order valence-corrected chi connectivity index (χ3v) is 10.4. The van der Waals surface area contributed by atoms with Crippen LogP contribution in [0.5, 0.6) is 0 Å². The zero-order valence-corrected chi connectivity index (χ0v) is 31.1. The quantitative estimate of drug-likeness (QED) is 0.175. The van der Waals surface area contributed by atoms with Gasteiger partial charge in [0.2, 0.25) is 11.2 Å². The molecule has 0 radical (unpaired) electrons. The fourth-order valence-electron chi connectivity index (χ4n) is 6.02. The molecule has 2 saturated carbocycles. The first-order chi connectivity index (χ1) is 22.1. The minimum Gasteiger partial charge on any atom is -0.354 e. The van der Waals surface area contributed by atoms with E-state index in [1.54, 1.807) is 22.5 Å². The van der Waals surface area contributed by atoms with Crippen molar-refractivity contribution in [2.45, 2.75) is 115 Å². The summed E-state index contributed by atoms with van der Waals surface area (Å²) in [7, 11) is 0. The molecule has 2 aliphatic rings. The highest BCUT2D eigenvalue weighted by atomic mass is 35.5. The third kappa shape index (κ3) is 9.70.